The minimum absolute atomic E-state index is 0.0578. The van der Waals surface area contributed by atoms with Gasteiger partial charge in [0.05, 0.1) is 11.7 Å². The minimum Gasteiger partial charge on any atom is -0.354 e. The molecular weight excluding hydrogens is 405 g/mol. The Bertz CT molecular complexity index is 1110. The van der Waals surface area contributed by atoms with Crippen LogP contribution in [0.3, 0.4) is 0 Å². The van der Waals surface area contributed by atoms with Gasteiger partial charge < -0.3 is 5.32 Å². The predicted octanol–water partition coefficient (Wildman–Crippen LogP) is 4.28. The standard InChI is InChI=1S/C25H32FN5O/c1-16(2)27-25(32)12-11-21-17(3)28-24-14-22(29-31(24)18(21)4)23-6-5-13-30(23)15-19-7-9-20(26)10-8-19/h7-10,14,16,23H,5-6,11-13,15H2,1-4H3,(H,27,32)/t23-/m1/s1. The van der Waals surface area contributed by atoms with Crippen LogP contribution in [0, 0.1) is 19.7 Å². The molecule has 0 saturated carbocycles. The van der Waals surface area contributed by atoms with E-state index in [-0.39, 0.29) is 23.8 Å². The Balaban J connectivity index is 1.55. The van der Waals surface area contributed by atoms with E-state index in [9.17, 15) is 9.18 Å². The maximum atomic E-state index is 13.3. The third-order valence-corrected chi connectivity index (χ3v) is 6.24. The molecule has 2 aromatic heterocycles. The molecule has 170 valence electrons. The van der Waals surface area contributed by atoms with Gasteiger partial charge in [-0.05, 0) is 76.8 Å². The van der Waals surface area contributed by atoms with Gasteiger partial charge in [0.2, 0.25) is 5.91 Å². The number of amides is 1. The summed E-state index contributed by atoms with van der Waals surface area (Å²) < 4.78 is 15.2. The summed E-state index contributed by atoms with van der Waals surface area (Å²) in [5, 5.41) is 7.88. The molecule has 1 amide bonds. The van der Waals surface area contributed by atoms with Gasteiger partial charge in [-0.25, -0.2) is 13.9 Å². The number of halogens is 1. The Morgan fingerprint density at radius 1 is 1.25 bits per heavy atom. The van der Waals surface area contributed by atoms with Gasteiger partial charge in [0.25, 0.3) is 0 Å². The van der Waals surface area contributed by atoms with Crippen molar-refractivity contribution in [2.45, 2.75) is 72.0 Å². The highest BCUT2D eigenvalue weighted by molar-refractivity contribution is 5.76. The first-order chi connectivity index (χ1) is 15.3. The zero-order valence-corrected chi connectivity index (χ0v) is 19.4. The molecule has 6 nitrogen and oxygen atoms in total. The van der Waals surface area contributed by atoms with E-state index in [0.717, 1.165) is 59.8 Å². The number of nitrogens with zero attached hydrogens (tertiary/aromatic N) is 4. The van der Waals surface area contributed by atoms with Crippen LogP contribution in [0.1, 0.15) is 67.4 Å². The summed E-state index contributed by atoms with van der Waals surface area (Å²) in [5.41, 5.74) is 6.05. The molecule has 0 aliphatic carbocycles. The lowest BCUT2D eigenvalue weighted by Gasteiger charge is -2.23. The summed E-state index contributed by atoms with van der Waals surface area (Å²) in [4.78, 5) is 19.3. The van der Waals surface area contributed by atoms with Crippen molar-refractivity contribution < 1.29 is 9.18 Å². The second kappa shape index (κ2) is 9.36. The van der Waals surface area contributed by atoms with Crippen LogP contribution in [-0.4, -0.2) is 38.0 Å². The van der Waals surface area contributed by atoms with Crippen LogP contribution >= 0.6 is 0 Å². The van der Waals surface area contributed by atoms with Crippen molar-refractivity contribution in [3.8, 4) is 0 Å². The quantitative estimate of drug-likeness (QED) is 0.599. The molecule has 1 saturated heterocycles. The molecule has 4 rings (SSSR count). The molecule has 1 aromatic carbocycles. The fourth-order valence-corrected chi connectivity index (χ4v) is 4.68. The SMILES string of the molecule is Cc1nc2cc([C@H]3CCCN3Cc3ccc(F)cc3)nn2c(C)c1CCC(=O)NC(C)C. The minimum atomic E-state index is -0.207. The fraction of sp³-hybridized carbons (Fsp3) is 0.480. The summed E-state index contributed by atoms with van der Waals surface area (Å²) in [6, 6.07) is 9.19. The molecule has 0 bridgehead atoms. The van der Waals surface area contributed by atoms with Crippen LogP contribution < -0.4 is 5.32 Å². The molecule has 3 aromatic rings. The molecule has 1 aliphatic heterocycles. The number of hydrogen-bond donors (Lipinski definition) is 1. The van der Waals surface area contributed by atoms with Crippen molar-refractivity contribution in [1.82, 2.24) is 24.8 Å². The van der Waals surface area contributed by atoms with E-state index in [2.05, 4.69) is 23.2 Å². The second-order valence-corrected chi connectivity index (χ2v) is 9.08. The lowest BCUT2D eigenvalue weighted by molar-refractivity contribution is -0.121. The summed E-state index contributed by atoms with van der Waals surface area (Å²) in [6.07, 6.45) is 3.25. The molecule has 7 heteroatoms. The van der Waals surface area contributed by atoms with Crippen molar-refractivity contribution in [1.29, 1.82) is 0 Å². The molecule has 32 heavy (non-hydrogen) atoms. The smallest absolute Gasteiger partial charge is 0.220 e. The zero-order chi connectivity index (χ0) is 22.8. The van der Waals surface area contributed by atoms with E-state index < -0.39 is 0 Å². The third kappa shape index (κ3) is 4.83. The van der Waals surface area contributed by atoms with Crippen molar-refractivity contribution in [3.05, 3.63) is 64.4 Å². The Labute approximate surface area is 188 Å². The molecular formula is C25H32FN5O. The maximum Gasteiger partial charge on any atom is 0.220 e. The fourth-order valence-electron chi connectivity index (χ4n) is 4.68. The maximum absolute atomic E-state index is 13.3. The molecule has 0 unspecified atom stereocenters. The normalized spacial score (nSPS) is 16.9. The van der Waals surface area contributed by atoms with Gasteiger partial charge >= 0.3 is 0 Å². The number of nitrogens with one attached hydrogen (secondary N) is 1. The third-order valence-electron chi connectivity index (χ3n) is 6.24. The van der Waals surface area contributed by atoms with Crippen LogP contribution in [0.25, 0.3) is 5.65 Å². The van der Waals surface area contributed by atoms with Crippen molar-refractivity contribution in [2.75, 3.05) is 6.54 Å². The van der Waals surface area contributed by atoms with E-state index in [1.165, 1.54) is 12.1 Å². The number of likely N-dealkylation sites (tertiary alicyclic amines) is 1. The van der Waals surface area contributed by atoms with Gasteiger partial charge in [-0.1, -0.05) is 12.1 Å². The zero-order valence-electron chi connectivity index (χ0n) is 19.4. The van der Waals surface area contributed by atoms with E-state index in [1.54, 1.807) is 0 Å². The average molecular weight is 438 g/mol. The first-order valence-electron chi connectivity index (χ1n) is 11.5. The predicted molar refractivity (Wildman–Crippen MR) is 123 cm³/mol. The molecule has 0 spiro atoms. The summed E-state index contributed by atoms with van der Waals surface area (Å²) in [7, 11) is 0. The summed E-state index contributed by atoms with van der Waals surface area (Å²) in [5.74, 6) is -0.149. The van der Waals surface area contributed by atoms with Crippen LogP contribution in [0.15, 0.2) is 30.3 Å². The number of hydrogen-bond acceptors (Lipinski definition) is 4. The number of carbonyl (C=O) groups is 1. The Morgan fingerprint density at radius 2 is 2.00 bits per heavy atom. The van der Waals surface area contributed by atoms with Crippen molar-refractivity contribution >= 4 is 11.6 Å². The highest BCUT2D eigenvalue weighted by atomic mass is 19.1. The number of benzene rings is 1. The Kier molecular flexibility index (Phi) is 6.55. The number of aromatic nitrogens is 3. The first kappa shape index (κ1) is 22.4. The molecule has 3 heterocycles. The lowest BCUT2D eigenvalue weighted by atomic mass is 10.1. The number of carbonyl (C=O) groups excluding carboxylic acids is 1. The molecule has 1 aliphatic rings. The summed E-state index contributed by atoms with van der Waals surface area (Å²) >= 11 is 0. The molecule has 1 fully saturated rings. The second-order valence-electron chi connectivity index (χ2n) is 9.08. The Morgan fingerprint density at radius 3 is 2.72 bits per heavy atom. The van der Waals surface area contributed by atoms with Gasteiger partial charge in [-0.2, -0.15) is 5.10 Å². The molecule has 1 atom stereocenters. The van der Waals surface area contributed by atoms with Crippen molar-refractivity contribution in [2.24, 2.45) is 0 Å². The largest absolute Gasteiger partial charge is 0.354 e. The van der Waals surface area contributed by atoms with Crippen LogP contribution in [0.5, 0.6) is 0 Å². The average Bonchev–Trinajstić information content (AvgIpc) is 3.35. The van der Waals surface area contributed by atoms with Gasteiger partial charge in [0.1, 0.15) is 5.82 Å². The monoisotopic (exact) mass is 437 g/mol. The van der Waals surface area contributed by atoms with E-state index in [4.69, 9.17) is 10.1 Å². The van der Waals surface area contributed by atoms with Gasteiger partial charge in [-0.15, -0.1) is 0 Å². The van der Waals surface area contributed by atoms with Gasteiger partial charge in [-0.3, -0.25) is 9.69 Å². The van der Waals surface area contributed by atoms with E-state index in [0.29, 0.717) is 12.8 Å². The van der Waals surface area contributed by atoms with E-state index >= 15 is 0 Å². The van der Waals surface area contributed by atoms with Gasteiger partial charge in [0, 0.05) is 36.5 Å². The van der Waals surface area contributed by atoms with Gasteiger partial charge in [0.15, 0.2) is 5.65 Å². The first-order valence-corrected chi connectivity index (χ1v) is 11.5. The highest BCUT2D eigenvalue weighted by Crippen LogP contribution is 2.33. The summed E-state index contributed by atoms with van der Waals surface area (Å²) in [6.45, 7) is 9.77. The lowest BCUT2D eigenvalue weighted by Crippen LogP contribution is -2.30. The van der Waals surface area contributed by atoms with Crippen molar-refractivity contribution in [3.63, 3.8) is 0 Å². The molecule has 0 radical (unpaired) electrons. The van der Waals surface area contributed by atoms with Crippen LogP contribution in [0.4, 0.5) is 4.39 Å². The van der Waals surface area contributed by atoms with Crippen LogP contribution in [-0.2, 0) is 17.8 Å². The van der Waals surface area contributed by atoms with Crippen LogP contribution in [0.2, 0.25) is 0 Å². The highest BCUT2D eigenvalue weighted by Gasteiger charge is 2.29. The topological polar surface area (TPSA) is 62.5 Å². The number of aryl methyl sites for hydroxylation is 2. The number of fused-ring (bicyclic) bond motifs is 1. The van der Waals surface area contributed by atoms with E-state index in [1.807, 2.05) is 37.4 Å². The molecule has 1 N–H and O–H groups in total. The Hall–Kier alpha value is -2.80. The number of rotatable bonds is 7.